The Morgan fingerprint density at radius 1 is 1.32 bits per heavy atom. The van der Waals surface area contributed by atoms with Gasteiger partial charge in [0.1, 0.15) is 5.69 Å². The van der Waals surface area contributed by atoms with E-state index in [-0.39, 0.29) is 11.2 Å². The van der Waals surface area contributed by atoms with Crippen LogP contribution < -0.4 is 10.2 Å². The SMILES string of the molecule is Cc1ccc(Nc2cc(N3CCC[C@@H](C)C3)c3nonc3c2[N+](=O)[O-])cc1Br. The number of halogens is 1. The fourth-order valence-corrected chi connectivity index (χ4v) is 4.05. The summed E-state index contributed by atoms with van der Waals surface area (Å²) >= 11 is 3.50. The predicted octanol–water partition coefficient (Wildman–Crippen LogP) is 5.18. The van der Waals surface area contributed by atoms with E-state index in [9.17, 15) is 10.1 Å². The van der Waals surface area contributed by atoms with E-state index >= 15 is 0 Å². The van der Waals surface area contributed by atoms with Gasteiger partial charge in [0.05, 0.1) is 10.6 Å². The molecular weight excluding hydrogens is 426 g/mol. The van der Waals surface area contributed by atoms with Crippen LogP contribution in [0.4, 0.5) is 22.7 Å². The smallest absolute Gasteiger partial charge is 0.324 e. The molecule has 1 aromatic heterocycles. The van der Waals surface area contributed by atoms with Gasteiger partial charge in [-0.05, 0) is 59.8 Å². The van der Waals surface area contributed by atoms with Crippen molar-refractivity contribution in [3.8, 4) is 0 Å². The van der Waals surface area contributed by atoms with Crippen LogP contribution in [0.2, 0.25) is 0 Å². The Balaban J connectivity index is 1.84. The van der Waals surface area contributed by atoms with Crippen LogP contribution in [0, 0.1) is 23.0 Å². The van der Waals surface area contributed by atoms with Gasteiger partial charge in [-0.1, -0.05) is 28.9 Å². The van der Waals surface area contributed by atoms with Crippen LogP contribution in [0.15, 0.2) is 33.4 Å². The molecule has 1 aliphatic rings. The monoisotopic (exact) mass is 445 g/mol. The van der Waals surface area contributed by atoms with Crippen molar-refractivity contribution in [2.45, 2.75) is 26.7 Å². The number of aryl methyl sites for hydroxylation is 1. The third-order valence-corrected chi connectivity index (χ3v) is 5.98. The van der Waals surface area contributed by atoms with Gasteiger partial charge in [0.25, 0.3) is 0 Å². The van der Waals surface area contributed by atoms with E-state index in [1.165, 1.54) is 6.42 Å². The van der Waals surface area contributed by atoms with Crippen LogP contribution >= 0.6 is 15.9 Å². The van der Waals surface area contributed by atoms with Crippen molar-refractivity contribution in [1.82, 2.24) is 10.3 Å². The number of hydrogen-bond donors (Lipinski definition) is 1. The van der Waals surface area contributed by atoms with Gasteiger partial charge in [0, 0.05) is 23.2 Å². The molecule has 2 heterocycles. The summed E-state index contributed by atoms with van der Waals surface area (Å²) < 4.78 is 5.81. The molecule has 3 aromatic rings. The maximum atomic E-state index is 11.8. The van der Waals surface area contributed by atoms with Crippen LogP contribution in [-0.2, 0) is 0 Å². The first kappa shape index (κ1) is 18.7. The first-order valence-electron chi connectivity index (χ1n) is 9.16. The van der Waals surface area contributed by atoms with E-state index in [1.54, 1.807) is 6.07 Å². The quantitative estimate of drug-likeness (QED) is 0.436. The van der Waals surface area contributed by atoms with Gasteiger partial charge in [-0.2, -0.15) is 0 Å². The van der Waals surface area contributed by atoms with Gasteiger partial charge in [0.15, 0.2) is 5.52 Å². The van der Waals surface area contributed by atoms with Crippen LogP contribution in [-0.4, -0.2) is 28.3 Å². The average molecular weight is 446 g/mol. The fourth-order valence-electron chi connectivity index (χ4n) is 3.67. The zero-order valence-electron chi connectivity index (χ0n) is 15.6. The second kappa shape index (κ2) is 7.38. The van der Waals surface area contributed by atoms with E-state index in [2.05, 4.69) is 43.4 Å². The second-order valence-electron chi connectivity index (χ2n) is 7.29. The number of nitrogens with one attached hydrogen (secondary N) is 1. The summed E-state index contributed by atoms with van der Waals surface area (Å²) in [5.74, 6) is 0.545. The van der Waals surface area contributed by atoms with Crippen molar-refractivity contribution in [2.75, 3.05) is 23.3 Å². The minimum atomic E-state index is -0.444. The molecule has 4 rings (SSSR count). The molecule has 0 unspecified atom stereocenters. The zero-order valence-corrected chi connectivity index (χ0v) is 17.2. The molecule has 0 radical (unpaired) electrons. The van der Waals surface area contributed by atoms with Gasteiger partial charge in [-0.25, -0.2) is 4.63 Å². The number of nitro benzene ring substituents is 1. The van der Waals surface area contributed by atoms with Crippen molar-refractivity contribution in [1.29, 1.82) is 0 Å². The Bertz CT molecular complexity index is 1050. The van der Waals surface area contributed by atoms with Crippen LogP contribution in [0.25, 0.3) is 11.0 Å². The predicted molar refractivity (Wildman–Crippen MR) is 111 cm³/mol. The third kappa shape index (κ3) is 3.42. The Kier molecular flexibility index (Phi) is 4.92. The molecule has 9 heteroatoms. The summed E-state index contributed by atoms with van der Waals surface area (Å²) in [7, 11) is 0. The molecular formula is C19H20BrN5O3. The van der Waals surface area contributed by atoms with Crippen molar-refractivity contribution < 1.29 is 9.55 Å². The molecule has 146 valence electrons. The van der Waals surface area contributed by atoms with Gasteiger partial charge >= 0.3 is 5.69 Å². The number of piperidine rings is 1. The lowest BCUT2D eigenvalue weighted by atomic mass is 9.99. The lowest BCUT2D eigenvalue weighted by Crippen LogP contribution is -2.34. The Labute approximate surface area is 170 Å². The Morgan fingerprint density at radius 2 is 2.11 bits per heavy atom. The Hall–Kier alpha value is -2.68. The molecule has 1 N–H and O–H groups in total. The summed E-state index contributed by atoms with van der Waals surface area (Å²) in [5.41, 5.74) is 3.46. The van der Waals surface area contributed by atoms with E-state index in [1.807, 2.05) is 25.1 Å². The molecule has 2 aromatic carbocycles. The van der Waals surface area contributed by atoms with Gasteiger partial charge in [0.2, 0.25) is 5.52 Å². The number of aromatic nitrogens is 2. The van der Waals surface area contributed by atoms with Crippen molar-refractivity contribution in [3.63, 3.8) is 0 Å². The summed E-state index contributed by atoms with van der Waals surface area (Å²) in [6.45, 7) is 5.94. The third-order valence-electron chi connectivity index (χ3n) is 5.12. The number of benzene rings is 2. The van der Waals surface area contributed by atoms with Gasteiger partial charge in [-0.15, -0.1) is 0 Å². The van der Waals surface area contributed by atoms with E-state index < -0.39 is 4.92 Å². The van der Waals surface area contributed by atoms with Crippen LogP contribution in [0.5, 0.6) is 0 Å². The highest BCUT2D eigenvalue weighted by molar-refractivity contribution is 9.10. The molecule has 0 bridgehead atoms. The summed E-state index contributed by atoms with van der Waals surface area (Å²) in [6, 6.07) is 7.52. The number of anilines is 3. The van der Waals surface area contributed by atoms with E-state index in [0.717, 1.165) is 40.9 Å². The maximum absolute atomic E-state index is 11.8. The molecule has 8 nitrogen and oxygen atoms in total. The summed E-state index contributed by atoms with van der Waals surface area (Å²) in [5, 5.41) is 22.8. The first-order valence-corrected chi connectivity index (χ1v) is 9.95. The number of nitrogens with zero attached hydrogens (tertiary/aromatic N) is 4. The van der Waals surface area contributed by atoms with E-state index in [4.69, 9.17) is 4.63 Å². The van der Waals surface area contributed by atoms with Crippen molar-refractivity contribution >= 4 is 49.7 Å². The topological polar surface area (TPSA) is 97.3 Å². The molecule has 1 atom stereocenters. The fraction of sp³-hybridized carbons (Fsp3) is 0.368. The number of nitro groups is 1. The van der Waals surface area contributed by atoms with Crippen LogP contribution in [0.3, 0.4) is 0 Å². The van der Waals surface area contributed by atoms with Crippen molar-refractivity contribution in [2.24, 2.45) is 5.92 Å². The maximum Gasteiger partial charge on any atom is 0.324 e. The minimum absolute atomic E-state index is 0.137. The second-order valence-corrected chi connectivity index (χ2v) is 8.15. The molecule has 1 saturated heterocycles. The van der Waals surface area contributed by atoms with Crippen LogP contribution in [0.1, 0.15) is 25.3 Å². The number of rotatable bonds is 4. The average Bonchev–Trinajstić information content (AvgIpc) is 3.13. The lowest BCUT2D eigenvalue weighted by molar-refractivity contribution is -0.382. The van der Waals surface area contributed by atoms with E-state index in [0.29, 0.717) is 17.1 Å². The first-order chi connectivity index (χ1) is 13.4. The molecule has 0 aliphatic carbocycles. The molecule has 0 saturated carbocycles. The number of fused-ring (bicyclic) bond motifs is 1. The summed E-state index contributed by atoms with van der Waals surface area (Å²) in [6.07, 6.45) is 2.24. The normalized spacial score (nSPS) is 17.1. The molecule has 1 fully saturated rings. The standard InChI is InChI=1S/C19H20BrN5O3/c1-11-4-3-7-24(10-11)16-9-15(21-13-6-5-12(2)14(20)8-13)19(25(26)27)18-17(16)22-28-23-18/h5-6,8-9,11,21H,3-4,7,10H2,1-2H3/t11-/m1/s1. The molecule has 1 aliphatic heterocycles. The molecule has 0 amide bonds. The highest BCUT2D eigenvalue weighted by Crippen LogP contribution is 2.41. The van der Waals surface area contributed by atoms with Gasteiger partial charge in [-0.3, -0.25) is 10.1 Å². The largest absolute Gasteiger partial charge is 0.369 e. The zero-order chi connectivity index (χ0) is 19.8. The molecule has 0 spiro atoms. The minimum Gasteiger partial charge on any atom is -0.369 e. The Morgan fingerprint density at radius 3 is 2.82 bits per heavy atom. The van der Waals surface area contributed by atoms with Crippen molar-refractivity contribution in [3.05, 3.63) is 44.4 Å². The number of hydrogen-bond acceptors (Lipinski definition) is 7. The van der Waals surface area contributed by atoms with Gasteiger partial charge < -0.3 is 10.2 Å². The lowest BCUT2D eigenvalue weighted by Gasteiger charge is -2.32. The highest BCUT2D eigenvalue weighted by atomic mass is 79.9. The summed E-state index contributed by atoms with van der Waals surface area (Å²) in [4.78, 5) is 13.6. The highest BCUT2D eigenvalue weighted by Gasteiger charge is 2.29. The molecule has 28 heavy (non-hydrogen) atoms.